The van der Waals surface area contributed by atoms with Gasteiger partial charge in [-0.15, -0.1) is 0 Å². The van der Waals surface area contributed by atoms with E-state index in [4.69, 9.17) is 9.47 Å². The molecule has 0 saturated carbocycles. The molecule has 1 aliphatic heterocycles. The fourth-order valence-electron chi connectivity index (χ4n) is 3.05. The number of pyridine rings is 1. The number of hydrogen-bond acceptors (Lipinski definition) is 6. The van der Waals surface area contributed by atoms with Gasteiger partial charge < -0.3 is 14.4 Å². The molecule has 0 radical (unpaired) electrons. The minimum atomic E-state index is -0.519. The van der Waals surface area contributed by atoms with E-state index in [1.807, 2.05) is 46.9 Å². The van der Waals surface area contributed by atoms with Gasteiger partial charge >= 0.3 is 11.9 Å². The molecule has 6 heteroatoms. The Labute approximate surface area is 155 Å². The minimum Gasteiger partial charge on any atom is -0.466 e. The van der Waals surface area contributed by atoms with Crippen LogP contribution in [0.5, 0.6) is 0 Å². The molecule has 26 heavy (non-hydrogen) atoms. The van der Waals surface area contributed by atoms with Crippen LogP contribution in [0.2, 0.25) is 0 Å². The highest BCUT2D eigenvalue weighted by atomic mass is 16.6. The number of carbonyl (C=O) groups excluding carboxylic acids is 2. The lowest BCUT2D eigenvalue weighted by Gasteiger charge is -2.18. The van der Waals surface area contributed by atoms with Gasteiger partial charge in [0.05, 0.1) is 18.2 Å². The summed E-state index contributed by atoms with van der Waals surface area (Å²) in [6, 6.07) is 3.80. The molecule has 2 atom stereocenters. The fourth-order valence-corrected chi connectivity index (χ4v) is 3.05. The number of rotatable bonds is 5. The van der Waals surface area contributed by atoms with Crippen LogP contribution in [0.4, 0.5) is 0 Å². The number of ether oxygens (including phenoxy) is 2. The lowest BCUT2D eigenvalue weighted by atomic mass is 9.90. The Balaban J connectivity index is 2.06. The molecule has 2 rings (SSSR count). The lowest BCUT2D eigenvalue weighted by molar-refractivity contribution is -0.149. The molecule has 1 aliphatic rings. The van der Waals surface area contributed by atoms with Crippen molar-refractivity contribution in [3.05, 3.63) is 35.7 Å². The van der Waals surface area contributed by atoms with E-state index in [0.717, 1.165) is 12.1 Å². The van der Waals surface area contributed by atoms with E-state index in [1.165, 1.54) is 6.08 Å². The van der Waals surface area contributed by atoms with Crippen molar-refractivity contribution in [2.45, 2.75) is 39.2 Å². The van der Waals surface area contributed by atoms with Crippen LogP contribution in [0.1, 0.15) is 44.9 Å². The summed E-state index contributed by atoms with van der Waals surface area (Å²) in [7, 11) is 2.00. The largest absolute Gasteiger partial charge is 0.466 e. The highest BCUT2D eigenvalue weighted by Gasteiger charge is 2.38. The van der Waals surface area contributed by atoms with E-state index in [1.54, 1.807) is 12.3 Å². The second-order valence-electron chi connectivity index (χ2n) is 7.57. The van der Waals surface area contributed by atoms with E-state index in [2.05, 4.69) is 9.88 Å². The molecule has 1 aromatic heterocycles. The number of likely N-dealkylation sites (N-methyl/N-ethyl adjacent to an activating group) is 1. The number of aromatic nitrogens is 1. The van der Waals surface area contributed by atoms with E-state index >= 15 is 0 Å². The van der Waals surface area contributed by atoms with Crippen LogP contribution >= 0.6 is 0 Å². The van der Waals surface area contributed by atoms with Crippen molar-refractivity contribution in [2.75, 3.05) is 26.7 Å². The topological polar surface area (TPSA) is 68.7 Å². The Hall–Kier alpha value is -2.21. The molecule has 0 unspecified atom stereocenters. The molecule has 142 valence electrons. The van der Waals surface area contributed by atoms with Crippen molar-refractivity contribution < 1.29 is 19.1 Å². The van der Waals surface area contributed by atoms with Crippen LogP contribution < -0.4 is 0 Å². The maximum absolute atomic E-state index is 12.2. The van der Waals surface area contributed by atoms with E-state index in [9.17, 15) is 9.59 Å². The maximum atomic E-state index is 12.2. The first-order chi connectivity index (χ1) is 12.2. The Morgan fingerprint density at radius 2 is 2.04 bits per heavy atom. The minimum absolute atomic E-state index is 0.0652. The predicted octanol–water partition coefficient (Wildman–Crippen LogP) is 2.64. The summed E-state index contributed by atoms with van der Waals surface area (Å²) in [6.07, 6.45) is 4.77. The summed E-state index contributed by atoms with van der Waals surface area (Å²) in [5, 5.41) is 0. The number of hydrogen-bond donors (Lipinski definition) is 0. The van der Waals surface area contributed by atoms with E-state index < -0.39 is 11.6 Å². The van der Waals surface area contributed by atoms with Crippen LogP contribution in [0.3, 0.4) is 0 Å². The van der Waals surface area contributed by atoms with E-state index in [-0.39, 0.29) is 17.8 Å². The summed E-state index contributed by atoms with van der Waals surface area (Å²) in [5.41, 5.74) is 1.15. The predicted molar refractivity (Wildman–Crippen MR) is 99.5 cm³/mol. The smallest absolute Gasteiger partial charge is 0.331 e. The molecule has 0 aliphatic carbocycles. The molecule has 0 bridgehead atoms. The standard InChI is InChI=1S/C20H28N2O4/c1-6-25-19(24)17-13-22(5)12-16(17)14-7-8-15(21-11-14)9-10-18(23)26-20(2,3)4/h7-11,16-17H,6,12-13H2,1-5H3/b10-9+/t16-,17+/m1/s1. The molecule has 6 nitrogen and oxygen atoms in total. The number of likely N-dealkylation sites (tertiary alicyclic amines) is 1. The van der Waals surface area contributed by atoms with Gasteiger partial charge in [0.25, 0.3) is 0 Å². The average molecular weight is 360 g/mol. The summed E-state index contributed by atoms with van der Waals surface area (Å²) in [5.74, 6) is -0.667. The van der Waals surface area contributed by atoms with Crippen LogP contribution in [0.25, 0.3) is 6.08 Å². The highest BCUT2D eigenvalue weighted by Crippen LogP contribution is 2.32. The van der Waals surface area contributed by atoms with Gasteiger partial charge in [0.2, 0.25) is 0 Å². The first-order valence-electron chi connectivity index (χ1n) is 8.92. The number of nitrogens with zero attached hydrogens (tertiary/aromatic N) is 2. The Bertz CT molecular complexity index is 661. The first kappa shape index (κ1) is 20.1. The lowest BCUT2D eigenvalue weighted by Crippen LogP contribution is -2.24. The molecular weight excluding hydrogens is 332 g/mol. The van der Waals surface area contributed by atoms with Crippen molar-refractivity contribution >= 4 is 18.0 Å². The van der Waals surface area contributed by atoms with Crippen molar-refractivity contribution in [3.63, 3.8) is 0 Å². The van der Waals surface area contributed by atoms with Crippen LogP contribution in [-0.2, 0) is 19.1 Å². The average Bonchev–Trinajstić information content (AvgIpc) is 2.94. The van der Waals surface area contributed by atoms with E-state index in [0.29, 0.717) is 18.8 Å². The Morgan fingerprint density at radius 3 is 2.62 bits per heavy atom. The van der Waals surface area contributed by atoms with Gasteiger partial charge in [-0.2, -0.15) is 0 Å². The summed E-state index contributed by atoms with van der Waals surface area (Å²) >= 11 is 0. The number of esters is 2. The number of carbonyl (C=O) groups is 2. The quantitative estimate of drug-likeness (QED) is 0.594. The van der Waals surface area contributed by atoms with Crippen LogP contribution in [0, 0.1) is 5.92 Å². The molecule has 2 heterocycles. The molecular formula is C20H28N2O4. The molecule has 0 amide bonds. The van der Waals surface area contributed by atoms with Crippen molar-refractivity contribution in [2.24, 2.45) is 5.92 Å². The zero-order valence-electron chi connectivity index (χ0n) is 16.2. The molecule has 0 aromatic carbocycles. The summed E-state index contributed by atoms with van der Waals surface area (Å²) in [4.78, 5) is 30.5. The first-order valence-corrected chi connectivity index (χ1v) is 8.92. The third-order valence-electron chi connectivity index (χ3n) is 4.13. The van der Waals surface area contributed by atoms with Gasteiger partial charge in [-0.25, -0.2) is 4.79 Å². The zero-order chi connectivity index (χ0) is 19.3. The molecule has 0 N–H and O–H groups in total. The highest BCUT2D eigenvalue weighted by molar-refractivity contribution is 5.87. The van der Waals surface area contributed by atoms with Gasteiger partial charge in [-0.1, -0.05) is 6.07 Å². The summed E-state index contributed by atoms with van der Waals surface area (Å²) in [6.45, 7) is 9.15. The summed E-state index contributed by atoms with van der Waals surface area (Å²) < 4.78 is 10.4. The zero-order valence-corrected chi connectivity index (χ0v) is 16.2. The molecule has 1 saturated heterocycles. The van der Waals surface area contributed by atoms with Crippen LogP contribution in [-0.4, -0.2) is 54.2 Å². The molecule has 0 spiro atoms. The van der Waals surface area contributed by atoms with Crippen molar-refractivity contribution in [3.8, 4) is 0 Å². The van der Waals surface area contributed by atoms with Gasteiger partial charge in [0.1, 0.15) is 5.60 Å². The monoisotopic (exact) mass is 360 g/mol. The third-order valence-corrected chi connectivity index (χ3v) is 4.13. The molecule has 1 fully saturated rings. The van der Waals surface area contributed by atoms with Crippen molar-refractivity contribution in [1.29, 1.82) is 0 Å². The van der Waals surface area contributed by atoms with Gasteiger partial charge in [-0.05, 0) is 52.4 Å². The SMILES string of the molecule is CCOC(=O)[C@H]1CN(C)C[C@@H]1c1ccc(/C=C/C(=O)OC(C)(C)C)nc1. The molecule has 1 aromatic rings. The maximum Gasteiger partial charge on any atom is 0.331 e. The Kier molecular flexibility index (Phi) is 6.53. The van der Waals surface area contributed by atoms with Crippen LogP contribution in [0.15, 0.2) is 24.4 Å². The second kappa shape index (κ2) is 8.45. The van der Waals surface area contributed by atoms with Crippen molar-refractivity contribution in [1.82, 2.24) is 9.88 Å². The van der Waals surface area contributed by atoms with Gasteiger partial charge in [0, 0.05) is 31.3 Å². The normalized spacial score (nSPS) is 21.1. The van der Waals surface area contributed by atoms with Gasteiger partial charge in [-0.3, -0.25) is 9.78 Å². The fraction of sp³-hybridized carbons (Fsp3) is 0.550. The third kappa shape index (κ3) is 5.66. The Morgan fingerprint density at radius 1 is 1.31 bits per heavy atom. The van der Waals surface area contributed by atoms with Gasteiger partial charge in [0.15, 0.2) is 0 Å². The second-order valence-corrected chi connectivity index (χ2v) is 7.57.